The lowest BCUT2D eigenvalue weighted by molar-refractivity contribution is -0.161. The van der Waals surface area contributed by atoms with Crippen molar-refractivity contribution in [3.8, 4) is 0 Å². The van der Waals surface area contributed by atoms with Crippen molar-refractivity contribution < 1.29 is 47.8 Å². The van der Waals surface area contributed by atoms with E-state index in [0.29, 0.717) is 12.8 Å². The molecule has 0 aliphatic carbocycles. The van der Waals surface area contributed by atoms with E-state index in [1.165, 1.54) is 96.3 Å². The quantitative estimate of drug-likeness (QED) is 0.0238. The Hall–Kier alpha value is -1.55. The number of hydrogen-bond donors (Lipinski definition) is 3. The lowest BCUT2D eigenvalue weighted by Gasteiger charge is -2.20. The number of unbranched alkanes of at least 4 members (excludes halogenated alkanes) is 22. The van der Waals surface area contributed by atoms with E-state index in [9.17, 15) is 24.2 Å². The normalized spacial score (nSPS) is 14.1. The van der Waals surface area contributed by atoms with E-state index >= 15 is 0 Å². The van der Waals surface area contributed by atoms with Crippen LogP contribution in [0.25, 0.3) is 0 Å². The number of phosphoric ester groups is 1. The number of aliphatic hydroxyl groups excluding tert-OH is 2. The molecule has 1 unspecified atom stereocenters. The van der Waals surface area contributed by atoms with Gasteiger partial charge in [0.1, 0.15) is 12.7 Å². The summed E-state index contributed by atoms with van der Waals surface area (Å²) < 4.78 is 32.7. The summed E-state index contributed by atoms with van der Waals surface area (Å²) in [6, 6.07) is 0. The highest BCUT2D eigenvalue weighted by molar-refractivity contribution is 7.47. The zero-order valence-electron chi connectivity index (χ0n) is 33.7. The van der Waals surface area contributed by atoms with E-state index in [1.807, 2.05) is 0 Å². The van der Waals surface area contributed by atoms with E-state index in [-0.39, 0.29) is 19.4 Å². The molecule has 0 amide bonds. The monoisotopic (exact) mass is 775 g/mol. The second-order valence-electron chi connectivity index (χ2n) is 14.4. The van der Waals surface area contributed by atoms with Gasteiger partial charge in [0.2, 0.25) is 0 Å². The van der Waals surface area contributed by atoms with E-state index in [0.717, 1.165) is 57.8 Å². The van der Waals surface area contributed by atoms with Crippen LogP contribution in [-0.4, -0.2) is 65.7 Å². The molecule has 0 spiro atoms. The third-order valence-electron chi connectivity index (χ3n) is 9.08. The summed E-state index contributed by atoms with van der Waals surface area (Å²) in [5, 5.41) is 18.3. The maximum Gasteiger partial charge on any atom is 0.472 e. The maximum atomic E-state index is 12.6. The molecule has 11 heteroatoms. The van der Waals surface area contributed by atoms with Gasteiger partial charge < -0.3 is 24.6 Å². The minimum Gasteiger partial charge on any atom is -0.462 e. The van der Waals surface area contributed by atoms with Crippen LogP contribution in [0.15, 0.2) is 24.3 Å². The van der Waals surface area contributed by atoms with Crippen LogP contribution in [0.3, 0.4) is 0 Å². The first-order valence-electron chi connectivity index (χ1n) is 21.3. The van der Waals surface area contributed by atoms with Crippen LogP contribution in [0.4, 0.5) is 0 Å². The van der Waals surface area contributed by atoms with Crippen molar-refractivity contribution in [1.82, 2.24) is 0 Å². The summed E-state index contributed by atoms with van der Waals surface area (Å²) >= 11 is 0. The van der Waals surface area contributed by atoms with Crippen molar-refractivity contribution in [3.63, 3.8) is 0 Å². The summed E-state index contributed by atoms with van der Waals surface area (Å²) in [4.78, 5) is 34.9. The van der Waals surface area contributed by atoms with Crippen LogP contribution in [0.2, 0.25) is 0 Å². The molecule has 312 valence electrons. The highest BCUT2D eigenvalue weighted by Gasteiger charge is 2.27. The van der Waals surface area contributed by atoms with Crippen LogP contribution in [-0.2, 0) is 32.7 Å². The molecule has 0 aromatic heterocycles. The molecule has 0 aromatic carbocycles. The van der Waals surface area contributed by atoms with Gasteiger partial charge in [0.15, 0.2) is 6.10 Å². The van der Waals surface area contributed by atoms with E-state index in [4.69, 9.17) is 19.1 Å². The van der Waals surface area contributed by atoms with Gasteiger partial charge in [0, 0.05) is 12.8 Å². The predicted molar refractivity (Wildman–Crippen MR) is 215 cm³/mol. The van der Waals surface area contributed by atoms with Crippen molar-refractivity contribution in [1.29, 1.82) is 0 Å². The van der Waals surface area contributed by atoms with Crippen molar-refractivity contribution in [2.75, 3.05) is 26.4 Å². The van der Waals surface area contributed by atoms with Gasteiger partial charge in [-0.3, -0.25) is 18.6 Å². The van der Waals surface area contributed by atoms with Gasteiger partial charge in [0.25, 0.3) is 0 Å². The van der Waals surface area contributed by atoms with E-state index in [1.54, 1.807) is 0 Å². The molecule has 0 aromatic rings. The number of rotatable bonds is 40. The van der Waals surface area contributed by atoms with Crippen LogP contribution < -0.4 is 0 Å². The zero-order chi connectivity index (χ0) is 39.1. The number of carbonyl (C=O) groups excluding carboxylic acids is 2. The molecule has 0 fully saturated rings. The number of allylic oxidation sites excluding steroid dienone is 4. The first-order valence-corrected chi connectivity index (χ1v) is 22.8. The summed E-state index contributed by atoms with van der Waals surface area (Å²) in [7, 11) is -4.61. The highest BCUT2D eigenvalue weighted by Crippen LogP contribution is 2.43. The number of ether oxygens (including phenoxy) is 2. The molecular formula is C42H79O10P. The Labute approximate surface area is 323 Å². The van der Waals surface area contributed by atoms with Gasteiger partial charge in [0.05, 0.1) is 19.8 Å². The molecular weight excluding hydrogens is 695 g/mol. The SMILES string of the molecule is CCCCCCC=CCCCCCCCCCC(=O)O[C@H](COC(=O)CCCCCCCC=CCCCCCCCC)COP(=O)(O)OC[C@@H](O)CO. The largest absolute Gasteiger partial charge is 0.472 e. The maximum absolute atomic E-state index is 12.6. The predicted octanol–water partition coefficient (Wildman–Crippen LogP) is 11.0. The Bertz CT molecular complexity index is 941. The number of hydrogen-bond acceptors (Lipinski definition) is 9. The second kappa shape index (κ2) is 38.7. The Balaban J connectivity index is 4.32. The molecule has 0 bridgehead atoms. The molecule has 0 saturated heterocycles. The summed E-state index contributed by atoms with van der Waals surface area (Å²) in [5.74, 6) is -0.936. The molecule has 3 N–H and O–H groups in total. The van der Waals surface area contributed by atoms with Crippen molar-refractivity contribution in [2.24, 2.45) is 0 Å². The van der Waals surface area contributed by atoms with E-state index < -0.39 is 51.8 Å². The molecule has 0 rings (SSSR count). The average Bonchev–Trinajstić information content (AvgIpc) is 3.14. The lowest BCUT2D eigenvalue weighted by atomic mass is 10.1. The molecule has 0 aliphatic heterocycles. The standard InChI is InChI=1S/C42H79O10P/c1-3-5-7-9-11-13-15-17-19-21-23-25-27-29-31-33-41(45)49-37-40(38-51-53(47,48)50-36-39(44)35-43)52-42(46)34-32-30-28-26-24-22-20-18-16-14-12-10-8-6-4-2/h14,16-17,19,39-40,43-44H,3-13,15,18,20-38H2,1-2H3,(H,47,48)/t39-,40+/m0/s1. The van der Waals surface area contributed by atoms with Crippen LogP contribution in [0.1, 0.15) is 194 Å². The number of esters is 2. The zero-order valence-corrected chi connectivity index (χ0v) is 34.6. The average molecular weight is 775 g/mol. The first-order chi connectivity index (χ1) is 25.7. The van der Waals surface area contributed by atoms with Gasteiger partial charge in [-0.05, 0) is 64.2 Å². The molecule has 53 heavy (non-hydrogen) atoms. The minimum atomic E-state index is -4.61. The summed E-state index contributed by atoms with van der Waals surface area (Å²) in [5.41, 5.74) is 0. The van der Waals surface area contributed by atoms with Crippen LogP contribution >= 0.6 is 7.82 Å². The smallest absolute Gasteiger partial charge is 0.462 e. The molecule has 0 radical (unpaired) electrons. The third kappa shape index (κ3) is 38.5. The van der Waals surface area contributed by atoms with Gasteiger partial charge in [-0.15, -0.1) is 0 Å². The first kappa shape index (κ1) is 51.5. The molecule has 0 heterocycles. The summed E-state index contributed by atoms with van der Waals surface area (Å²) in [6.07, 6.45) is 37.1. The second-order valence-corrected chi connectivity index (χ2v) is 15.8. The van der Waals surface area contributed by atoms with Gasteiger partial charge in [-0.2, -0.15) is 0 Å². The Morgan fingerprint density at radius 2 is 0.925 bits per heavy atom. The Morgan fingerprint density at radius 1 is 0.547 bits per heavy atom. The van der Waals surface area contributed by atoms with Gasteiger partial charge in [-0.1, -0.05) is 141 Å². The fourth-order valence-corrected chi connectivity index (χ4v) is 6.54. The number of phosphoric acid groups is 1. The van der Waals surface area contributed by atoms with E-state index in [2.05, 4.69) is 42.7 Å². The fraction of sp³-hybridized carbons (Fsp3) is 0.857. The van der Waals surface area contributed by atoms with Gasteiger partial charge in [-0.25, -0.2) is 4.57 Å². The third-order valence-corrected chi connectivity index (χ3v) is 10.0. The minimum absolute atomic E-state index is 0.179. The van der Waals surface area contributed by atoms with Gasteiger partial charge >= 0.3 is 19.8 Å². The molecule has 0 saturated carbocycles. The Kier molecular flexibility index (Phi) is 37.6. The lowest BCUT2D eigenvalue weighted by Crippen LogP contribution is -2.29. The van der Waals surface area contributed by atoms with Crippen LogP contribution in [0.5, 0.6) is 0 Å². The number of aliphatic hydroxyl groups is 2. The Morgan fingerprint density at radius 3 is 1.38 bits per heavy atom. The molecule has 3 atom stereocenters. The summed E-state index contributed by atoms with van der Waals surface area (Å²) in [6.45, 7) is 2.35. The topological polar surface area (TPSA) is 149 Å². The molecule has 10 nitrogen and oxygen atoms in total. The van der Waals surface area contributed by atoms with Crippen LogP contribution in [0, 0.1) is 0 Å². The van der Waals surface area contributed by atoms with Crippen molar-refractivity contribution in [2.45, 2.75) is 206 Å². The highest BCUT2D eigenvalue weighted by atomic mass is 31.2. The number of carbonyl (C=O) groups is 2. The van der Waals surface area contributed by atoms with Crippen molar-refractivity contribution in [3.05, 3.63) is 24.3 Å². The van der Waals surface area contributed by atoms with Crippen molar-refractivity contribution >= 4 is 19.8 Å². The molecule has 0 aliphatic rings. The fourth-order valence-electron chi connectivity index (χ4n) is 5.75.